The molecule has 5 rings (SSSR count). The lowest BCUT2D eigenvalue weighted by Gasteiger charge is -2.23. The minimum Gasteiger partial charge on any atom is -0.507 e. The quantitative estimate of drug-likeness (QED) is 0.240. The smallest absolute Gasteiger partial charge is 0.302 e. The maximum absolute atomic E-state index is 13.4. The number of imidazole rings is 1. The van der Waals surface area contributed by atoms with Gasteiger partial charge >= 0.3 is 5.91 Å². The molecule has 2 N–H and O–H groups in total. The lowest BCUT2D eigenvalue weighted by atomic mass is 9.95. The number of aliphatic hydroxyl groups excluding tert-OH is 1. The normalized spacial score (nSPS) is 17.1. The second-order valence-corrected chi connectivity index (χ2v) is 8.68. The lowest BCUT2D eigenvalue weighted by Crippen LogP contribution is -2.30. The molecular weight excluding hydrogens is 458 g/mol. The molecule has 1 aliphatic rings. The number of aromatic amines is 1. The minimum atomic E-state index is -0.902. The number of carbonyl (C=O) groups excluding carboxylic acids is 2. The summed E-state index contributed by atoms with van der Waals surface area (Å²) < 4.78 is 10.5. The largest absolute Gasteiger partial charge is 0.507 e. The van der Waals surface area contributed by atoms with Crippen molar-refractivity contribution in [2.75, 3.05) is 19.1 Å². The highest BCUT2D eigenvalue weighted by Crippen LogP contribution is 2.42. The maximum atomic E-state index is 13.4. The summed E-state index contributed by atoms with van der Waals surface area (Å²) in [6.07, 6.45) is 0. The number of H-pyrrole nitrogens is 1. The van der Waals surface area contributed by atoms with E-state index < -0.39 is 17.7 Å². The number of nitrogens with zero attached hydrogens (tertiary/aromatic N) is 2. The van der Waals surface area contributed by atoms with Crippen molar-refractivity contribution in [3.63, 3.8) is 0 Å². The van der Waals surface area contributed by atoms with Gasteiger partial charge in [-0.3, -0.25) is 14.5 Å². The highest BCUT2D eigenvalue weighted by molar-refractivity contribution is 6.51. The van der Waals surface area contributed by atoms with E-state index >= 15 is 0 Å². The Balaban J connectivity index is 1.70. The van der Waals surface area contributed by atoms with Gasteiger partial charge in [0, 0.05) is 5.56 Å². The van der Waals surface area contributed by atoms with Gasteiger partial charge < -0.3 is 19.6 Å². The number of hydrogen-bond donors (Lipinski definition) is 2. The van der Waals surface area contributed by atoms with Crippen LogP contribution in [0.5, 0.6) is 11.5 Å². The van der Waals surface area contributed by atoms with E-state index in [1.54, 1.807) is 62.8 Å². The summed E-state index contributed by atoms with van der Waals surface area (Å²) in [6, 6.07) is 16.6. The number of fused-ring (bicyclic) bond motifs is 1. The van der Waals surface area contributed by atoms with Gasteiger partial charge in [-0.2, -0.15) is 0 Å². The summed E-state index contributed by atoms with van der Waals surface area (Å²) in [5, 5.41) is 11.3. The van der Waals surface area contributed by atoms with Crippen molar-refractivity contribution in [2.45, 2.75) is 19.9 Å². The van der Waals surface area contributed by atoms with Crippen LogP contribution in [0.2, 0.25) is 0 Å². The fourth-order valence-electron chi connectivity index (χ4n) is 4.43. The highest BCUT2D eigenvalue weighted by Gasteiger charge is 2.48. The van der Waals surface area contributed by atoms with Crippen LogP contribution in [-0.4, -0.2) is 41.0 Å². The molecule has 1 atom stereocenters. The second-order valence-electron chi connectivity index (χ2n) is 8.68. The summed E-state index contributed by atoms with van der Waals surface area (Å²) in [7, 11) is 3.10. The molecule has 0 aliphatic carbocycles. The Morgan fingerprint density at radius 2 is 1.50 bits per heavy atom. The summed E-state index contributed by atoms with van der Waals surface area (Å²) >= 11 is 0. The van der Waals surface area contributed by atoms with Gasteiger partial charge in [0.15, 0.2) is 0 Å². The average molecular weight is 484 g/mol. The molecule has 0 saturated carbocycles. The van der Waals surface area contributed by atoms with Crippen molar-refractivity contribution < 1.29 is 24.2 Å². The predicted molar refractivity (Wildman–Crippen MR) is 136 cm³/mol. The molecule has 8 heteroatoms. The first-order valence-corrected chi connectivity index (χ1v) is 11.4. The van der Waals surface area contributed by atoms with E-state index in [0.29, 0.717) is 28.1 Å². The zero-order valence-corrected chi connectivity index (χ0v) is 20.3. The molecule has 1 aliphatic heterocycles. The maximum Gasteiger partial charge on any atom is 0.302 e. The second kappa shape index (κ2) is 8.88. The van der Waals surface area contributed by atoms with Gasteiger partial charge in [0.25, 0.3) is 5.78 Å². The molecule has 0 bridgehead atoms. The fourth-order valence-corrected chi connectivity index (χ4v) is 4.43. The summed E-state index contributed by atoms with van der Waals surface area (Å²) in [5.74, 6) is -0.392. The standard InChI is InChI=1S/C28H25N3O5/c1-15-13-21-22(14-16(15)2)30-28(29-21)31-24(17-5-9-19(35-3)10-6-17)23(26(33)27(31)34)25(32)18-7-11-20(36-4)12-8-18/h5-14,24,32H,1-4H3,(H,29,30)/b25-23+. The van der Waals surface area contributed by atoms with E-state index in [1.165, 1.54) is 4.90 Å². The molecule has 3 aromatic carbocycles. The molecule has 36 heavy (non-hydrogen) atoms. The molecule has 1 saturated heterocycles. The summed E-state index contributed by atoms with van der Waals surface area (Å²) in [4.78, 5) is 35.9. The number of methoxy groups -OCH3 is 2. The topological polar surface area (TPSA) is 105 Å². The van der Waals surface area contributed by atoms with Crippen molar-refractivity contribution in [2.24, 2.45) is 0 Å². The van der Waals surface area contributed by atoms with Gasteiger partial charge in [0.1, 0.15) is 17.3 Å². The Morgan fingerprint density at radius 3 is 2.11 bits per heavy atom. The van der Waals surface area contributed by atoms with Crippen LogP contribution in [0.4, 0.5) is 5.95 Å². The Morgan fingerprint density at radius 1 is 0.917 bits per heavy atom. The lowest BCUT2D eigenvalue weighted by molar-refractivity contribution is -0.132. The number of carbonyl (C=O) groups is 2. The van der Waals surface area contributed by atoms with Crippen LogP contribution in [-0.2, 0) is 9.59 Å². The van der Waals surface area contributed by atoms with Crippen molar-refractivity contribution in [3.8, 4) is 11.5 Å². The van der Waals surface area contributed by atoms with E-state index in [4.69, 9.17) is 9.47 Å². The number of Topliss-reactive ketones (excluding diaryl/α,β-unsaturated/α-hetero) is 1. The Labute approximate surface area is 207 Å². The van der Waals surface area contributed by atoms with E-state index in [1.807, 2.05) is 26.0 Å². The fraction of sp³-hybridized carbons (Fsp3) is 0.179. The zero-order valence-electron chi connectivity index (χ0n) is 20.3. The Bertz CT molecular complexity index is 1480. The van der Waals surface area contributed by atoms with E-state index in [0.717, 1.165) is 16.6 Å². The number of anilines is 1. The molecule has 1 amide bonds. The number of hydrogen-bond acceptors (Lipinski definition) is 6. The van der Waals surface area contributed by atoms with Crippen molar-refractivity contribution in [3.05, 3.63) is 88.5 Å². The van der Waals surface area contributed by atoms with Crippen molar-refractivity contribution >= 4 is 34.4 Å². The number of ether oxygens (including phenoxy) is 2. The zero-order chi connectivity index (χ0) is 25.6. The van der Waals surface area contributed by atoms with Gasteiger partial charge in [-0.15, -0.1) is 0 Å². The molecule has 182 valence electrons. The molecule has 8 nitrogen and oxygen atoms in total. The van der Waals surface area contributed by atoms with Gasteiger partial charge in [-0.05, 0) is 79.1 Å². The predicted octanol–water partition coefficient (Wildman–Crippen LogP) is 4.82. The number of aliphatic hydroxyl groups is 1. The SMILES string of the molecule is COc1ccc(/C(O)=C2\C(=O)C(=O)N(c3nc4cc(C)c(C)cc4[nH]3)C2c2ccc(OC)cc2)cc1. The first-order valence-electron chi connectivity index (χ1n) is 11.4. The monoisotopic (exact) mass is 483 g/mol. The number of ketones is 1. The minimum absolute atomic E-state index is 0.0249. The third-order valence-corrected chi connectivity index (χ3v) is 6.55. The third kappa shape index (κ3) is 3.76. The third-order valence-electron chi connectivity index (χ3n) is 6.55. The van der Waals surface area contributed by atoms with E-state index in [9.17, 15) is 14.7 Å². The van der Waals surface area contributed by atoms with Gasteiger partial charge in [-0.25, -0.2) is 4.98 Å². The molecule has 1 fully saturated rings. The van der Waals surface area contributed by atoms with E-state index in [2.05, 4.69) is 9.97 Å². The molecule has 1 unspecified atom stereocenters. The van der Waals surface area contributed by atoms with Crippen LogP contribution in [0.1, 0.15) is 28.3 Å². The van der Waals surface area contributed by atoms with Crippen LogP contribution < -0.4 is 14.4 Å². The van der Waals surface area contributed by atoms with Gasteiger partial charge in [-0.1, -0.05) is 12.1 Å². The van der Waals surface area contributed by atoms with Crippen LogP contribution in [0.15, 0.2) is 66.2 Å². The number of aromatic nitrogens is 2. The summed E-state index contributed by atoms with van der Waals surface area (Å²) in [5.41, 5.74) is 4.56. The van der Waals surface area contributed by atoms with Crippen molar-refractivity contribution in [1.82, 2.24) is 9.97 Å². The van der Waals surface area contributed by atoms with Crippen molar-refractivity contribution in [1.29, 1.82) is 0 Å². The summed E-state index contributed by atoms with van der Waals surface area (Å²) in [6.45, 7) is 3.98. The van der Waals surface area contributed by atoms with Crippen LogP contribution in [0.25, 0.3) is 16.8 Å². The number of amides is 1. The Hall–Kier alpha value is -4.59. The number of rotatable bonds is 5. The van der Waals surface area contributed by atoms with E-state index in [-0.39, 0.29) is 17.3 Å². The first-order chi connectivity index (χ1) is 17.3. The first kappa shape index (κ1) is 23.2. The van der Waals surface area contributed by atoms with Gasteiger partial charge in [0.2, 0.25) is 5.95 Å². The van der Waals surface area contributed by atoms with Crippen LogP contribution in [0.3, 0.4) is 0 Å². The molecule has 1 aromatic heterocycles. The molecule has 4 aromatic rings. The molecule has 0 spiro atoms. The average Bonchev–Trinajstić information content (AvgIpc) is 3.41. The molecule has 2 heterocycles. The molecular formula is C28H25N3O5. The molecule has 0 radical (unpaired) electrons. The number of aryl methyl sites for hydroxylation is 2. The number of nitrogens with one attached hydrogen (secondary N) is 1. The van der Waals surface area contributed by atoms with Crippen LogP contribution >= 0.6 is 0 Å². The number of benzene rings is 3. The Kier molecular flexibility index (Phi) is 5.72. The van der Waals surface area contributed by atoms with Crippen LogP contribution in [0, 0.1) is 13.8 Å². The highest BCUT2D eigenvalue weighted by atomic mass is 16.5. The van der Waals surface area contributed by atoms with Gasteiger partial charge in [0.05, 0.1) is 36.9 Å².